The Kier molecular flexibility index (Phi) is 5.85. The van der Waals surface area contributed by atoms with E-state index in [-0.39, 0.29) is 18.4 Å². The molecule has 2 N–H and O–H groups in total. The first-order valence-electron chi connectivity index (χ1n) is 6.19. The number of nitrogens with one attached hydrogen (secondary N) is 2. The molecule has 0 heterocycles. The summed E-state index contributed by atoms with van der Waals surface area (Å²) in [6, 6.07) is 7.50. The van der Waals surface area contributed by atoms with Crippen LogP contribution in [0.2, 0.25) is 5.02 Å². The van der Waals surface area contributed by atoms with E-state index in [4.69, 9.17) is 16.9 Å². The minimum atomic E-state index is -0.873. The molecule has 0 fully saturated rings. The Labute approximate surface area is 132 Å². The highest BCUT2D eigenvalue weighted by atomic mass is 79.9. The van der Waals surface area contributed by atoms with Gasteiger partial charge in [0.2, 0.25) is 5.91 Å². The summed E-state index contributed by atoms with van der Waals surface area (Å²) < 4.78 is 0.870. The third-order valence-corrected chi connectivity index (χ3v) is 3.96. The molecule has 108 valence electrons. The zero-order valence-corrected chi connectivity index (χ0v) is 14.0. The normalized spacial score (nSPS) is 13.4. The third kappa shape index (κ3) is 4.39. The van der Waals surface area contributed by atoms with Gasteiger partial charge < -0.3 is 10.6 Å². The van der Waals surface area contributed by atoms with Crippen molar-refractivity contribution < 1.29 is 4.79 Å². The average Bonchev–Trinajstić information content (AvgIpc) is 2.37. The van der Waals surface area contributed by atoms with Crippen LogP contribution in [-0.4, -0.2) is 18.0 Å². The van der Waals surface area contributed by atoms with E-state index in [1.165, 1.54) is 0 Å². The summed E-state index contributed by atoms with van der Waals surface area (Å²) in [5, 5.41) is 15.4. The summed E-state index contributed by atoms with van der Waals surface area (Å²) in [6.45, 7) is 5.55. The Morgan fingerprint density at radius 3 is 2.70 bits per heavy atom. The molecule has 1 amide bonds. The van der Waals surface area contributed by atoms with Crippen LogP contribution in [0.15, 0.2) is 22.7 Å². The number of nitriles is 1. The van der Waals surface area contributed by atoms with Crippen LogP contribution >= 0.6 is 27.5 Å². The molecule has 6 heteroatoms. The van der Waals surface area contributed by atoms with Crippen molar-refractivity contribution in [1.82, 2.24) is 5.32 Å². The van der Waals surface area contributed by atoms with Gasteiger partial charge in [-0.3, -0.25) is 4.79 Å². The monoisotopic (exact) mass is 357 g/mol. The molecule has 0 saturated carbocycles. The van der Waals surface area contributed by atoms with Gasteiger partial charge in [0.25, 0.3) is 0 Å². The predicted molar refractivity (Wildman–Crippen MR) is 84.6 cm³/mol. The summed E-state index contributed by atoms with van der Waals surface area (Å²) in [5.74, 6) is -0.227. The van der Waals surface area contributed by atoms with Crippen molar-refractivity contribution in [1.29, 1.82) is 5.26 Å². The molecular formula is C14H17BrClN3O. The number of benzene rings is 1. The Hall–Kier alpha value is -1.25. The fourth-order valence-corrected chi connectivity index (χ4v) is 2.18. The number of anilines is 1. The number of amides is 1. The molecule has 0 aliphatic heterocycles. The fraction of sp³-hybridized carbons (Fsp3) is 0.429. The van der Waals surface area contributed by atoms with Gasteiger partial charge in [0.05, 0.1) is 23.3 Å². The number of halogens is 2. The first kappa shape index (κ1) is 16.8. The van der Waals surface area contributed by atoms with Gasteiger partial charge in [0.15, 0.2) is 0 Å². The molecule has 0 spiro atoms. The number of nitrogens with zero attached hydrogens (tertiary/aromatic N) is 1. The van der Waals surface area contributed by atoms with Crippen molar-refractivity contribution in [3.05, 3.63) is 27.7 Å². The molecule has 1 atom stereocenters. The first-order valence-corrected chi connectivity index (χ1v) is 7.37. The van der Waals surface area contributed by atoms with Crippen molar-refractivity contribution in [2.45, 2.75) is 26.3 Å². The Balaban J connectivity index is 2.62. The van der Waals surface area contributed by atoms with Crippen molar-refractivity contribution >= 4 is 39.1 Å². The molecule has 0 radical (unpaired) electrons. The molecular weight excluding hydrogens is 342 g/mol. The van der Waals surface area contributed by atoms with Gasteiger partial charge in [-0.05, 0) is 31.0 Å². The quantitative estimate of drug-likeness (QED) is 0.845. The summed E-state index contributed by atoms with van der Waals surface area (Å²) in [7, 11) is 0. The van der Waals surface area contributed by atoms with Crippen LogP contribution < -0.4 is 10.6 Å². The van der Waals surface area contributed by atoms with Gasteiger partial charge in [0, 0.05) is 4.47 Å². The maximum absolute atomic E-state index is 11.9. The largest absolute Gasteiger partial charge is 0.375 e. The van der Waals surface area contributed by atoms with Gasteiger partial charge in [-0.1, -0.05) is 41.4 Å². The van der Waals surface area contributed by atoms with Gasteiger partial charge in [-0.15, -0.1) is 0 Å². The van der Waals surface area contributed by atoms with Crippen LogP contribution in [-0.2, 0) is 4.79 Å². The van der Waals surface area contributed by atoms with Gasteiger partial charge in [-0.25, -0.2) is 0 Å². The molecule has 1 rings (SSSR count). The summed E-state index contributed by atoms with van der Waals surface area (Å²) >= 11 is 9.36. The van der Waals surface area contributed by atoms with Crippen molar-refractivity contribution in [3.8, 4) is 6.07 Å². The lowest BCUT2D eigenvalue weighted by atomic mass is 9.90. The Bertz CT molecular complexity index is 542. The number of carbonyl (C=O) groups excluding carboxylic acids is 1. The summed E-state index contributed by atoms with van der Waals surface area (Å²) in [5.41, 5.74) is -0.198. The van der Waals surface area contributed by atoms with Crippen molar-refractivity contribution in [2.24, 2.45) is 5.92 Å². The van der Waals surface area contributed by atoms with E-state index in [1.807, 2.05) is 19.9 Å². The highest BCUT2D eigenvalue weighted by molar-refractivity contribution is 9.10. The Morgan fingerprint density at radius 2 is 2.20 bits per heavy atom. The Morgan fingerprint density at radius 1 is 1.55 bits per heavy atom. The minimum Gasteiger partial charge on any atom is -0.375 e. The first-order chi connectivity index (χ1) is 9.28. The highest BCUT2D eigenvalue weighted by Gasteiger charge is 2.29. The third-order valence-electron chi connectivity index (χ3n) is 3.16. The SMILES string of the molecule is CC(C)[C@](C)(C#N)NC(=O)CNc1ccc(Br)cc1Cl. The second-order valence-corrected chi connectivity index (χ2v) is 6.32. The number of hydrogen-bond acceptors (Lipinski definition) is 3. The molecule has 1 aromatic rings. The van der Waals surface area contributed by atoms with Crippen LogP contribution in [0.3, 0.4) is 0 Å². The van der Waals surface area contributed by atoms with Crippen LogP contribution in [0, 0.1) is 17.2 Å². The zero-order chi connectivity index (χ0) is 15.3. The van der Waals surface area contributed by atoms with Crippen LogP contribution in [0.4, 0.5) is 5.69 Å². The van der Waals surface area contributed by atoms with Crippen LogP contribution in [0.5, 0.6) is 0 Å². The number of carbonyl (C=O) groups is 1. The lowest BCUT2D eigenvalue weighted by Gasteiger charge is -2.27. The van der Waals surface area contributed by atoms with E-state index < -0.39 is 5.54 Å². The molecule has 0 bridgehead atoms. The summed E-state index contributed by atoms with van der Waals surface area (Å²) in [4.78, 5) is 11.9. The molecule has 0 aliphatic carbocycles. The van der Waals surface area contributed by atoms with E-state index in [1.54, 1.807) is 19.1 Å². The van der Waals surface area contributed by atoms with E-state index in [0.29, 0.717) is 10.7 Å². The molecule has 0 saturated heterocycles. The molecule has 0 aliphatic rings. The molecule has 20 heavy (non-hydrogen) atoms. The smallest absolute Gasteiger partial charge is 0.240 e. The number of hydrogen-bond donors (Lipinski definition) is 2. The molecule has 4 nitrogen and oxygen atoms in total. The van der Waals surface area contributed by atoms with Gasteiger partial charge >= 0.3 is 0 Å². The highest BCUT2D eigenvalue weighted by Crippen LogP contribution is 2.25. The zero-order valence-electron chi connectivity index (χ0n) is 11.6. The fourth-order valence-electron chi connectivity index (χ4n) is 1.44. The topological polar surface area (TPSA) is 64.9 Å². The van der Waals surface area contributed by atoms with Crippen molar-refractivity contribution in [2.75, 3.05) is 11.9 Å². The van der Waals surface area contributed by atoms with Crippen LogP contribution in [0.25, 0.3) is 0 Å². The second-order valence-electron chi connectivity index (χ2n) is 4.99. The predicted octanol–water partition coefficient (Wildman–Crippen LogP) is 3.57. The lowest BCUT2D eigenvalue weighted by molar-refractivity contribution is -0.121. The number of rotatable bonds is 5. The van der Waals surface area contributed by atoms with E-state index in [9.17, 15) is 4.79 Å². The standard InChI is InChI=1S/C14H17BrClN3O/c1-9(2)14(3,8-17)19-13(20)7-18-12-5-4-10(15)6-11(12)16/h4-6,9,18H,7H2,1-3H3,(H,19,20)/t14-/m0/s1. The molecule has 1 aromatic carbocycles. The van der Waals surface area contributed by atoms with Crippen molar-refractivity contribution in [3.63, 3.8) is 0 Å². The average molecular weight is 359 g/mol. The second kappa shape index (κ2) is 6.96. The molecule has 0 unspecified atom stereocenters. The van der Waals surface area contributed by atoms with E-state index >= 15 is 0 Å². The van der Waals surface area contributed by atoms with E-state index in [2.05, 4.69) is 32.6 Å². The lowest BCUT2D eigenvalue weighted by Crippen LogP contribution is -2.50. The molecule has 0 aromatic heterocycles. The van der Waals surface area contributed by atoms with Gasteiger partial charge in [0.1, 0.15) is 5.54 Å². The summed E-state index contributed by atoms with van der Waals surface area (Å²) in [6.07, 6.45) is 0. The van der Waals surface area contributed by atoms with E-state index in [0.717, 1.165) is 4.47 Å². The maximum atomic E-state index is 11.9. The van der Waals surface area contributed by atoms with Crippen LogP contribution in [0.1, 0.15) is 20.8 Å². The minimum absolute atomic E-state index is 0.0210. The maximum Gasteiger partial charge on any atom is 0.240 e. The van der Waals surface area contributed by atoms with Gasteiger partial charge in [-0.2, -0.15) is 5.26 Å².